The second kappa shape index (κ2) is 5.28. The van der Waals surface area contributed by atoms with Crippen molar-refractivity contribution in [1.82, 2.24) is 9.38 Å². The lowest BCUT2D eigenvalue weighted by molar-refractivity contribution is 0.0469. The van der Waals surface area contributed by atoms with Crippen LogP contribution in [0.1, 0.15) is 21.6 Å². The number of carbonyl (C=O) groups excluding carboxylic acids is 1. The van der Waals surface area contributed by atoms with E-state index in [0.29, 0.717) is 16.9 Å². The highest BCUT2D eigenvalue weighted by Crippen LogP contribution is 2.18. The minimum absolute atomic E-state index is 0.119. The van der Waals surface area contributed by atoms with E-state index in [-0.39, 0.29) is 6.61 Å². The topological polar surface area (TPSA) is 69.6 Å². The number of carbonyl (C=O) groups is 1. The van der Waals surface area contributed by atoms with E-state index in [0.717, 1.165) is 11.2 Å². The Morgan fingerprint density at radius 1 is 1.29 bits per heavy atom. The Bertz CT molecular complexity index is 775. The molecule has 106 valence electrons. The van der Waals surface area contributed by atoms with Crippen LogP contribution in [0.3, 0.4) is 0 Å². The Morgan fingerprint density at radius 2 is 2.14 bits per heavy atom. The van der Waals surface area contributed by atoms with Crippen LogP contribution in [0, 0.1) is 6.92 Å². The van der Waals surface area contributed by atoms with Gasteiger partial charge in [-0.1, -0.05) is 18.2 Å². The lowest BCUT2D eigenvalue weighted by Gasteiger charge is -2.07. The van der Waals surface area contributed by atoms with Gasteiger partial charge in [0.2, 0.25) is 0 Å². The number of nitrogen functional groups attached to an aromatic ring is 1. The molecule has 0 saturated heterocycles. The Balaban J connectivity index is 1.75. The van der Waals surface area contributed by atoms with E-state index in [1.807, 2.05) is 48.0 Å². The van der Waals surface area contributed by atoms with Gasteiger partial charge in [-0.25, -0.2) is 9.78 Å². The van der Waals surface area contributed by atoms with Gasteiger partial charge in [0.15, 0.2) is 0 Å². The number of nitrogens with two attached hydrogens (primary N) is 1. The molecule has 0 amide bonds. The minimum Gasteiger partial charge on any atom is -0.455 e. The molecule has 2 aromatic heterocycles. The lowest BCUT2D eigenvalue weighted by Crippen LogP contribution is -2.09. The van der Waals surface area contributed by atoms with Crippen molar-refractivity contribution < 1.29 is 9.53 Å². The molecule has 0 aliphatic heterocycles. The summed E-state index contributed by atoms with van der Waals surface area (Å²) in [6.07, 6.45) is 3.73. The number of nitrogens with zero attached hydrogens (tertiary/aromatic N) is 2. The SMILES string of the molecule is Cc1cccc(C(=O)OCc2cn3ccccc3n2)c1N. The molecule has 2 heterocycles. The summed E-state index contributed by atoms with van der Waals surface area (Å²) in [5.74, 6) is -0.437. The fourth-order valence-corrected chi connectivity index (χ4v) is 2.13. The molecule has 0 radical (unpaired) electrons. The molecule has 0 atom stereocenters. The van der Waals surface area contributed by atoms with Gasteiger partial charge in [0, 0.05) is 18.1 Å². The van der Waals surface area contributed by atoms with E-state index < -0.39 is 5.97 Å². The third-order valence-electron chi connectivity index (χ3n) is 3.31. The number of esters is 1. The molecular weight excluding hydrogens is 266 g/mol. The van der Waals surface area contributed by atoms with E-state index >= 15 is 0 Å². The molecule has 1 aromatic carbocycles. The standard InChI is InChI=1S/C16H15N3O2/c1-11-5-4-6-13(15(11)17)16(20)21-10-12-9-19-8-3-2-7-14(19)18-12/h2-9H,10,17H2,1H3. The first-order valence-corrected chi connectivity index (χ1v) is 6.60. The monoisotopic (exact) mass is 281 g/mol. The van der Waals surface area contributed by atoms with Crippen LogP contribution in [0.5, 0.6) is 0 Å². The first-order valence-electron chi connectivity index (χ1n) is 6.60. The number of benzene rings is 1. The smallest absolute Gasteiger partial charge is 0.340 e. The number of pyridine rings is 1. The predicted octanol–water partition coefficient (Wildman–Crippen LogP) is 2.58. The van der Waals surface area contributed by atoms with Crippen molar-refractivity contribution in [2.24, 2.45) is 0 Å². The van der Waals surface area contributed by atoms with E-state index in [1.54, 1.807) is 12.1 Å². The molecule has 0 aliphatic rings. The van der Waals surface area contributed by atoms with Crippen molar-refractivity contribution in [3.8, 4) is 0 Å². The number of hydrogen-bond acceptors (Lipinski definition) is 4. The molecule has 0 aliphatic carbocycles. The number of aryl methyl sites for hydroxylation is 1. The molecule has 21 heavy (non-hydrogen) atoms. The van der Waals surface area contributed by atoms with Gasteiger partial charge >= 0.3 is 5.97 Å². The summed E-state index contributed by atoms with van der Waals surface area (Å²) in [4.78, 5) is 16.4. The van der Waals surface area contributed by atoms with Gasteiger partial charge in [0.05, 0.1) is 11.3 Å². The molecule has 0 spiro atoms. The minimum atomic E-state index is -0.437. The summed E-state index contributed by atoms with van der Waals surface area (Å²) >= 11 is 0. The quantitative estimate of drug-likeness (QED) is 0.591. The Hall–Kier alpha value is -2.82. The van der Waals surface area contributed by atoms with E-state index in [1.165, 1.54) is 0 Å². The molecule has 2 N–H and O–H groups in total. The van der Waals surface area contributed by atoms with Crippen molar-refractivity contribution >= 4 is 17.3 Å². The van der Waals surface area contributed by atoms with Crippen molar-refractivity contribution in [2.45, 2.75) is 13.5 Å². The van der Waals surface area contributed by atoms with Crippen molar-refractivity contribution in [1.29, 1.82) is 0 Å². The van der Waals surface area contributed by atoms with Crippen LogP contribution in [0.2, 0.25) is 0 Å². The number of ether oxygens (including phenoxy) is 1. The molecule has 3 aromatic rings. The maximum Gasteiger partial charge on any atom is 0.340 e. The maximum atomic E-state index is 12.1. The molecular formula is C16H15N3O2. The number of rotatable bonds is 3. The second-order valence-electron chi connectivity index (χ2n) is 4.81. The fourth-order valence-electron chi connectivity index (χ4n) is 2.13. The molecule has 0 fully saturated rings. The van der Waals surface area contributed by atoms with Gasteiger partial charge in [0.1, 0.15) is 12.3 Å². The lowest BCUT2D eigenvalue weighted by atomic mass is 10.1. The van der Waals surface area contributed by atoms with Crippen LogP contribution in [0.25, 0.3) is 5.65 Å². The first-order chi connectivity index (χ1) is 10.1. The number of anilines is 1. The van der Waals surface area contributed by atoms with Crippen molar-refractivity contribution in [2.75, 3.05) is 5.73 Å². The largest absolute Gasteiger partial charge is 0.455 e. The predicted molar refractivity (Wildman–Crippen MR) is 79.9 cm³/mol. The van der Waals surface area contributed by atoms with Gasteiger partial charge in [-0.2, -0.15) is 0 Å². The van der Waals surface area contributed by atoms with E-state index in [4.69, 9.17) is 10.5 Å². The van der Waals surface area contributed by atoms with Gasteiger partial charge < -0.3 is 14.9 Å². The van der Waals surface area contributed by atoms with Crippen LogP contribution in [0.4, 0.5) is 5.69 Å². The van der Waals surface area contributed by atoms with Gasteiger partial charge in [0.25, 0.3) is 0 Å². The summed E-state index contributed by atoms with van der Waals surface area (Å²) in [7, 11) is 0. The van der Waals surface area contributed by atoms with Gasteiger partial charge in [-0.05, 0) is 30.7 Å². The zero-order valence-electron chi connectivity index (χ0n) is 11.6. The molecule has 3 rings (SSSR count). The highest BCUT2D eigenvalue weighted by molar-refractivity contribution is 5.95. The van der Waals surface area contributed by atoms with E-state index in [9.17, 15) is 4.79 Å². The van der Waals surface area contributed by atoms with Crippen molar-refractivity contribution in [3.63, 3.8) is 0 Å². The fraction of sp³-hybridized carbons (Fsp3) is 0.125. The highest BCUT2D eigenvalue weighted by atomic mass is 16.5. The average molecular weight is 281 g/mol. The number of fused-ring (bicyclic) bond motifs is 1. The molecule has 5 heteroatoms. The van der Waals surface area contributed by atoms with Gasteiger partial charge in [-0.15, -0.1) is 0 Å². The van der Waals surface area contributed by atoms with Gasteiger partial charge in [-0.3, -0.25) is 0 Å². The molecule has 0 unspecified atom stereocenters. The summed E-state index contributed by atoms with van der Waals surface area (Å²) in [6, 6.07) is 11.0. The van der Waals surface area contributed by atoms with Crippen molar-refractivity contribution in [3.05, 3.63) is 65.6 Å². The molecule has 0 saturated carbocycles. The molecule has 0 bridgehead atoms. The van der Waals surface area contributed by atoms with Crippen LogP contribution in [-0.2, 0) is 11.3 Å². The summed E-state index contributed by atoms with van der Waals surface area (Å²) in [5.41, 5.74) is 9.11. The van der Waals surface area contributed by atoms with Crippen LogP contribution in [-0.4, -0.2) is 15.4 Å². The Labute approximate surface area is 122 Å². The maximum absolute atomic E-state index is 12.1. The first kappa shape index (κ1) is 13.2. The normalized spacial score (nSPS) is 10.7. The third-order valence-corrected chi connectivity index (χ3v) is 3.31. The van der Waals surface area contributed by atoms with Crippen LogP contribution < -0.4 is 5.73 Å². The average Bonchev–Trinajstić information content (AvgIpc) is 2.90. The summed E-state index contributed by atoms with van der Waals surface area (Å²) in [6.45, 7) is 1.97. The summed E-state index contributed by atoms with van der Waals surface area (Å²) < 4.78 is 7.16. The zero-order valence-corrected chi connectivity index (χ0v) is 11.6. The number of para-hydroxylation sites is 1. The number of aromatic nitrogens is 2. The van der Waals surface area contributed by atoms with E-state index in [2.05, 4.69) is 4.98 Å². The Morgan fingerprint density at radius 3 is 2.95 bits per heavy atom. The molecule has 5 nitrogen and oxygen atoms in total. The summed E-state index contributed by atoms with van der Waals surface area (Å²) in [5, 5.41) is 0. The zero-order chi connectivity index (χ0) is 14.8. The highest BCUT2D eigenvalue weighted by Gasteiger charge is 2.13. The number of hydrogen-bond donors (Lipinski definition) is 1. The second-order valence-corrected chi connectivity index (χ2v) is 4.81. The van der Waals surface area contributed by atoms with Crippen LogP contribution in [0.15, 0.2) is 48.8 Å². The third kappa shape index (κ3) is 2.58. The Kier molecular flexibility index (Phi) is 3.31. The van der Waals surface area contributed by atoms with Crippen LogP contribution >= 0.6 is 0 Å². The number of imidazole rings is 1.